The Kier molecular flexibility index (Phi) is 3.07. The molecule has 0 unspecified atom stereocenters. The van der Waals surface area contributed by atoms with Crippen molar-refractivity contribution in [2.24, 2.45) is 0 Å². The third kappa shape index (κ3) is 1.74. The van der Waals surface area contributed by atoms with Crippen LogP contribution in [0.1, 0.15) is 23.2 Å². The van der Waals surface area contributed by atoms with Crippen LogP contribution in [0.2, 0.25) is 0 Å². The predicted octanol–water partition coefficient (Wildman–Crippen LogP) is 0.855. The van der Waals surface area contributed by atoms with Crippen molar-refractivity contribution in [3.8, 4) is 6.07 Å². The normalized spacial score (nSPS) is 13.5. The fraction of sp³-hybridized carbons (Fsp3) is 0.500. The second kappa shape index (κ2) is 4.50. The highest BCUT2D eigenvalue weighted by molar-refractivity contribution is 5.36. The van der Waals surface area contributed by atoms with E-state index in [0.29, 0.717) is 13.2 Å². The molecule has 0 bridgehead atoms. The first-order valence-electron chi connectivity index (χ1n) is 5.42. The summed E-state index contributed by atoms with van der Waals surface area (Å²) in [7, 11) is 1.61. The lowest BCUT2D eigenvalue weighted by atomic mass is 10.1. The number of nitrogens with zero attached hydrogens (tertiary/aromatic N) is 2. The number of aromatic nitrogens is 1. The van der Waals surface area contributed by atoms with Crippen LogP contribution >= 0.6 is 0 Å². The lowest BCUT2D eigenvalue weighted by molar-refractivity contribution is 0.185. The maximum absolute atomic E-state index is 12.0. The molecule has 16 heavy (non-hydrogen) atoms. The summed E-state index contributed by atoms with van der Waals surface area (Å²) < 4.78 is 6.69. The van der Waals surface area contributed by atoms with Crippen LogP contribution in [0.15, 0.2) is 10.9 Å². The standard InChI is InChI=1S/C12H14N2O2/c1-16-6-5-14-11-4-2-3-9(11)7-10(8-13)12(14)15/h7H,2-6H2,1H3. The summed E-state index contributed by atoms with van der Waals surface area (Å²) in [5.41, 5.74) is 2.30. The van der Waals surface area contributed by atoms with Gasteiger partial charge >= 0.3 is 0 Å². The van der Waals surface area contributed by atoms with E-state index >= 15 is 0 Å². The lowest BCUT2D eigenvalue weighted by Crippen LogP contribution is -2.27. The minimum atomic E-state index is -0.180. The van der Waals surface area contributed by atoms with E-state index in [-0.39, 0.29) is 11.1 Å². The van der Waals surface area contributed by atoms with E-state index in [1.165, 1.54) is 0 Å². The molecule has 0 spiro atoms. The fourth-order valence-corrected chi connectivity index (χ4v) is 2.22. The van der Waals surface area contributed by atoms with Crippen LogP contribution in [-0.4, -0.2) is 18.3 Å². The molecule has 1 aliphatic rings. The van der Waals surface area contributed by atoms with Gasteiger partial charge in [0, 0.05) is 19.3 Å². The number of fused-ring (bicyclic) bond motifs is 1. The van der Waals surface area contributed by atoms with E-state index < -0.39 is 0 Å². The Bertz CT molecular complexity index is 497. The van der Waals surface area contributed by atoms with Crippen LogP contribution in [0.4, 0.5) is 0 Å². The first-order chi connectivity index (χ1) is 7.77. The van der Waals surface area contributed by atoms with Gasteiger partial charge in [0.25, 0.3) is 5.56 Å². The molecular weight excluding hydrogens is 204 g/mol. The van der Waals surface area contributed by atoms with Crippen LogP contribution in [0, 0.1) is 11.3 Å². The highest BCUT2D eigenvalue weighted by Gasteiger charge is 2.18. The second-order valence-electron chi connectivity index (χ2n) is 3.94. The van der Waals surface area contributed by atoms with Gasteiger partial charge in [-0.05, 0) is 30.9 Å². The molecular formula is C12H14N2O2. The average Bonchev–Trinajstić information content (AvgIpc) is 2.75. The van der Waals surface area contributed by atoms with Crippen molar-refractivity contribution in [3.63, 3.8) is 0 Å². The molecule has 1 heterocycles. The quantitative estimate of drug-likeness (QED) is 0.756. The van der Waals surface area contributed by atoms with Crippen LogP contribution in [-0.2, 0) is 24.1 Å². The van der Waals surface area contributed by atoms with Gasteiger partial charge in [0.15, 0.2) is 0 Å². The van der Waals surface area contributed by atoms with Gasteiger partial charge in [-0.1, -0.05) is 0 Å². The number of rotatable bonds is 3. The van der Waals surface area contributed by atoms with E-state index in [4.69, 9.17) is 10.00 Å². The Morgan fingerprint density at radius 1 is 1.56 bits per heavy atom. The van der Waals surface area contributed by atoms with Crippen LogP contribution < -0.4 is 5.56 Å². The summed E-state index contributed by atoms with van der Waals surface area (Å²) in [6.45, 7) is 1.04. The molecule has 0 aromatic carbocycles. The number of methoxy groups -OCH3 is 1. The molecule has 84 valence electrons. The summed E-state index contributed by atoms with van der Waals surface area (Å²) in [5.74, 6) is 0. The van der Waals surface area contributed by atoms with Gasteiger partial charge in [0.05, 0.1) is 6.61 Å². The maximum atomic E-state index is 12.0. The van der Waals surface area contributed by atoms with Gasteiger partial charge < -0.3 is 9.30 Å². The molecule has 4 heteroatoms. The van der Waals surface area contributed by atoms with Crippen molar-refractivity contribution < 1.29 is 4.74 Å². The maximum Gasteiger partial charge on any atom is 0.268 e. The van der Waals surface area contributed by atoms with Crippen molar-refractivity contribution in [2.75, 3.05) is 13.7 Å². The largest absolute Gasteiger partial charge is 0.383 e. The van der Waals surface area contributed by atoms with Crippen LogP contribution in [0.25, 0.3) is 0 Å². The first kappa shape index (κ1) is 10.9. The molecule has 0 aliphatic heterocycles. The summed E-state index contributed by atoms with van der Waals surface area (Å²) in [6, 6.07) is 3.71. The summed E-state index contributed by atoms with van der Waals surface area (Å²) in [5, 5.41) is 8.90. The summed E-state index contributed by atoms with van der Waals surface area (Å²) in [6.07, 6.45) is 2.97. The van der Waals surface area contributed by atoms with Crippen molar-refractivity contribution in [3.05, 3.63) is 33.2 Å². The number of aryl methyl sites for hydroxylation is 1. The zero-order valence-electron chi connectivity index (χ0n) is 9.32. The monoisotopic (exact) mass is 218 g/mol. The first-order valence-corrected chi connectivity index (χ1v) is 5.42. The SMILES string of the molecule is COCCn1c2c(cc(C#N)c1=O)CCC2. The Hall–Kier alpha value is -1.60. The fourth-order valence-electron chi connectivity index (χ4n) is 2.22. The van der Waals surface area contributed by atoms with Crippen molar-refractivity contribution in [2.45, 2.75) is 25.8 Å². The third-order valence-electron chi connectivity index (χ3n) is 2.99. The smallest absolute Gasteiger partial charge is 0.268 e. The summed E-state index contributed by atoms with van der Waals surface area (Å²) in [4.78, 5) is 12.0. The lowest BCUT2D eigenvalue weighted by Gasteiger charge is -2.11. The molecule has 0 amide bonds. The van der Waals surface area contributed by atoms with Gasteiger partial charge in [-0.3, -0.25) is 4.79 Å². The van der Waals surface area contributed by atoms with E-state index in [0.717, 1.165) is 30.5 Å². The van der Waals surface area contributed by atoms with Crippen LogP contribution in [0.3, 0.4) is 0 Å². The summed E-state index contributed by atoms with van der Waals surface area (Å²) >= 11 is 0. The minimum Gasteiger partial charge on any atom is -0.383 e. The van der Waals surface area contributed by atoms with Gasteiger partial charge in [0.1, 0.15) is 11.6 Å². The molecule has 0 N–H and O–H groups in total. The van der Waals surface area contributed by atoms with E-state index in [9.17, 15) is 4.79 Å². The molecule has 4 nitrogen and oxygen atoms in total. The highest BCUT2D eigenvalue weighted by Crippen LogP contribution is 2.20. The Labute approximate surface area is 94.1 Å². The molecule has 1 aliphatic carbocycles. The van der Waals surface area contributed by atoms with Gasteiger partial charge in [-0.15, -0.1) is 0 Å². The highest BCUT2D eigenvalue weighted by atomic mass is 16.5. The van der Waals surface area contributed by atoms with Gasteiger partial charge in [-0.25, -0.2) is 0 Å². The molecule has 1 aromatic heterocycles. The van der Waals surface area contributed by atoms with Crippen molar-refractivity contribution in [1.29, 1.82) is 5.26 Å². The number of hydrogen-bond donors (Lipinski definition) is 0. The van der Waals surface area contributed by atoms with E-state index in [1.807, 2.05) is 6.07 Å². The number of hydrogen-bond acceptors (Lipinski definition) is 3. The van der Waals surface area contributed by atoms with Crippen molar-refractivity contribution >= 4 is 0 Å². The van der Waals surface area contributed by atoms with Gasteiger partial charge in [0.2, 0.25) is 0 Å². The molecule has 0 radical (unpaired) electrons. The van der Waals surface area contributed by atoms with E-state index in [2.05, 4.69) is 0 Å². The van der Waals surface area contributed by atoms with Crippen LogP contribution in [0.5, 0.6) is 0 Å². The number of ether oxygens (including phenoxy) is 1. The molecule has 0 saturated carbocycles. The molecule has 2 rings (SSSR count). The van der Waals surface area contributed by atoms with Crippen molar-refractivity contribution in [1.82, 2.24) is 4.57 Å². The Morgan fingerprint density at radius 3 is 3.06 bits per heavy atom. The predicted molar refractivity (Wildman–Crippen MR) is 59.3 cm³/mol. The van der Waals surface area contributed by atoms with E-state index in [1.54, 1.807) is 17.7 Å². The Balaban J connectivity index is 2.52. The third-order valence-corrected chi connectivity index (χ3v) is 2.99. The molecule has 0 atom stereocenters. The number of pyridine rings is 1. The zero-order valence-corrected chi connectivity index (χ0v) is 9.32. The average molecular weight is 218 g/mol. The zero-order chi connectivity index (χ0) is 11.5. The molecule has 0 saturated heterocycles. The molecule has 0 fully saturated rings. The van der Waals surface area contributed by atoms with Gasteiger partial charge in [-0.2, -0.15) is 5.26 Å². The topological polar surface area (TPSA) is 55.0 Å². The second-order valence-corrected chi connectivity index (χ2v) is 3.94. The Morgan fingerprint density at radius 2 is 2.38 bits per heavy atom. The minimum absolute atomic E-state index is 0.180. The molecule has 1 aromatic rings. The number of nitriles is 1.